The number of guanidine groups is 1. The number of hydrogen-bond donors (Lipinski definition) is 2. The summed E-state index contributed by atoms with van der Waals surface area (Å²) in [5, 5.41) is 6.85. The predicted molar refractivity (Wildman–Crippen MR) is 91.8 cm³/mol. The summed E-state index contributed by atoms with van der Waals surface area (Å²) in [5.41, 5.74) is 1.50. The topological polar surface area (TPSA) is 64.1 Å². The Morgan fingerprint density at radius 1 is 1.25 bits per heavy atom. The van der Waals surface area contributed by atoms with Crippen molar-refractivity contribution >= 4 is 5.96 Å². The number of rotatable bonds is 5. The maximum absolute atomic E-state index is 5.65. The van der Waals surface area contributed by atoms with Gasteiger partial charge in [0.25, 0.3) is 0 Å². The van der Waals surface area contributed by atoms with Gasteiger partial charge in [-0.3, -0.25) is 4.99 Å². The van der Waals surface area contributed by atoms with E-state index in [0.29, 0.717) is 12.9 Å². The van der Waals surface area contributed by atoms with Crippen molar-refractivity contribution in [2.24, 2.45) is 4.99 Å². The number of nitrogens with zero attached hydrogens (tertiary/aromatic N) is 1. The van der Waals surface area contributed by atoms with Gasteiger partial charge in [-0.15, -0.1) is 0 Å². The molecule has 1 saturated carbocycles. The van der Waals surface area contributed by atoms with E-state index in [-0.39, 0.29) is 5.41 Å². The van der Waals surface area contributed by atoms with E-state index in [1.807, 2.05) is 13.1 Å². The van der Waals surface area contributed by atoms with Crippen molar-refractivity contribution in [3.63, 3.8) is 0 Å². The summed E-state index contributed by atoms with van der Waals surface area (Å²) in [6, 6.07) is 6.30. The van der Waals surface area contributed by atoms with Gasteiger partial charge < -0.3 is 24.8 Å². The minimum atomic E-state index is 0.183. The van der Waals surface area contributed by atoms with Gasteiger partial charge in [-0.2, -0.15) is 0 Å². The number of aliphatic imine (C=N–C) groups is 1. The third-order valence-electron chi connectivity index (χ3n) is 5.18. The van der Waals surface area contributed by atoms with Crippen molar-refractivity contribution < 1.29 is 14.2 Å². The molecule has 0 bridgehead atoms. The van der Waals surface area contributed by atoms with Crippen LogP contribution in [0.3, 0.4) is 0 Å². The maximum Gasteiger partial charge on any atom is 0.231 e. The van der Waals surface area contributed by atoms with Crippen LogP contribution in [0.4, 0.5) is 0 Å². The highest BCUT2D eigenvalue weighted by Gasteiger charge is 2.44. The van der Waals surface area contributed by atoms with Crippen LogP contribution in [0.15, 0.2) is 23.2 Å². The van der Waals surface area contributed by atoms with Gasteiger partial charge in [-0.05, 0) is 43.4 Å². The first-order valence-electron chi connectivity index (χ1n) is 8.75. The summed E-state index contributed by atoms with van der Waals surface area (Å²) in [6.07, 6.45) is 4.97. The van der Waals surface area contributed by atoms with Crippen LogP contribution in [0.25, 0.3) is 0 Å². The molecule has 6 nitrogen and oxygen atoms in total. The molecule has 1 aromatic rings. The maximum atomic E-state index is 5.65. The number of fused-ring (bicyclic) bond motifs is 1. The number of nitrogens with one attached hydrogen (secondary N) is 2. The first-order chi connectivity index (χ1) is 11.8. The van der Waals surface area contributed by atoms with Gasteiger partial charge in [0, 0.05) is 32.2 Å². The Kier molecular flexibility index (Phi) is 4.22. The Hall–Kier alpha value is -1.95. The smallest absolute Gasteiger partial charge is 0.231 e. The van der Waals surface area contributed by atoms with Crippen molar-refractivity contribution in [1.29, 1.82) is 0 Å². The van der Waals surface area contributed by atoms with Gasteiger partial charge in [0.2, 0.25) is 6.79 Å². The minimum Gasteiger partial charge on any atom is -0.454 e. The fraction of sp³-hybridized carbons (Fsp3) is 0.611. The molecule has 0 aromatic heterocycles. The van der Waals surface area contributed by atoms with Gasteiger partial charge in [0.05, 0.1) is 6.10 Å². The van der Waals surface area contributed by atoms with Crippen LogP contribution in [0.2, 0.25) is 0 Å². The summed E-state index contributed by atoms with van der Waals surface area (Å²) in [7, 11) is 1.81. The third-order valence-corrected chi connectivity index (χ3v) is 5.18. The molecule has 1 atom stereocenters. The van der Waals surface area contributed by atoms with Crippen LogP contribution in [-0.4, -0.2) is 45.6 Å². The van der Waals surface area contributed by atoms with Crippen LogP contribution >= 0.6 is 0 Å². The van der Waals surface area contributed by atoms with Crippen molar-refractivity contribution in [3.8, 4) is 11.5 Å². The van der Waals surface area contributed by atoms with E-state index in [2.05, 4.69) is 27.8 Å². The normalized spacial score (nSPS) is 24.0. The molecule has 0 radical (unpaired) electrons. The second-order valence-electron chi connectivity index (χ2n) is 6.79. The molecule has 24 heavy (non-hydrogen) atoms. The molecule has 130 valence electrons. The molecule has 2 aliphatic heterocycles. The summed E-state index contributed by atoms with van der Waals surface area (Å²) in [4.78, 5) is 4.33. The van der Waals surface area contributed by atoms with Gasteiger partial charge in [0.1, 0.15) is 0 Å². The molecular weight excluding hydrogens is 306 g/mol. The molecule has 1 saturated heterocycles. The second kappa shape index (κ2) is 6.51. The van der Waals surface area contributed by atoms with E-state index >= 15 is 0 Å². The average molecular weight is 331 g/mol. The van der Waals surface area contributed by atoms with Crippen molar-refractivity contribution in [1.82, 2.24) is 10.6 Å². The van der Waals surface area contributed by atoms with E-state index < -0.39 is 0 Å². The molecule has 2 fully saturated rings. The molecule has 0 amide bonds. The molecule has 4 rings (SSSR count). The standard InChI is InChI=1S/C18H25N3O3/c1-19-17(20-10-14-3-2-8-22-14)21-11-18(6-7-18)13-4-5-15-16(9-13)24-12-23-15/h4-5,9,14H,2-3,6-8,10-12H2,1H3,(H2,19,20,21). The Bertz CT molecular complexity index is 622. The van der Waals surface area contributed by atoms with Crippen LogP contribution in [-0.2, 0) is 10.2 Å². The monoisotopic (exact) mass is 331 g/mol. The second-order valence-corrected chi connectivity index (χ2v) is 6.79. The minimum absolute atomic E-state index is 0.183. The van der Waals surface area contributed by atoms with Gasteiger partial charge in [0.15, 0.2) is 17.5 Å². The first-order valence-corrected chi connectivity index (χ1v) is 8.75. The zero-order valence-corrected chi connectivity index (χ0v) is 14.1. The van der Waals surface area contributed by atoms with Crippen LogP contribution in [0.1, 0.15) is 31.2 Å². The quantitative estimate of drug-likeness (QED) is 0.636. The Morgan fingerprint density at radius 2 is 2.12 bits per heavy atom. The summed E-state index contributed by atoms with van der Waals surface area (Å²) < 4.78 is 16.6. The first kappa shape index (κ1) is 15.6. The van der Waals surface area contributed by atoms with Gasteiger partial charge in [-0.1, -0.05) is 6.07 Å². The molecule has 2 N–H and O–H groups in total. The van der Waals surface area contributed by atoms with Crippen molar-refractivity contribution in [3.05, 3.63) is 23.8 Å². The fourth-order valence-electron chi connectivity index (χ4n) is 3.43. The van der Waals surface area contributed by atoms with Crippen LogP contribution in [0, 0.1) is 0 Å². The molecule has 6 heteroatoms. The summed E-state index contributed by atoms with van der Waals surface area (Å²) >= 11 is 0. The molecule has 1 unspecified atom stereocenters. The lowest BCUT2D eigenvalue weighted by Crippen LogP contribution is -2.43. The summed E-state index contributed by atoms with van der Waals surface area (Å²) in [5.74, 6) is 2.55. The largest absolute Gasteiger partial charge is 0.454 e. The molecule has 1 aromatic carbocycles. The molecular formula is C18H25N3O3. The number of ether oxygens (including phenoxy) is 3. The third kappa shape index (κ3) is 3.15. The Labute approximate surface area is 142 Å². The highest BCUT2D eigenvalue weighted by atomic mass is 16.7. The SMILES string of the molecule is CN=C(NCC1CCCO1)NCC1(c2ccc3c(c2)OCO3)CC1. The molecule has 0 spiro atoms. The lowest BCUT2D eigenvalue weighted by Gasteiger charge is -2.20. The highest BCUT2D eigenvalue weighted by molar-refractivity contribution is 5.79. The fourth-order valence-corrected chi connectivity index (χ4v) is 3.43. The predicted octanol–water partition coefficient (Wildman–Crippen LogP) is 1.79. The highest BCUT2D eigenvalue weighted by Crippen LogP contribution is 2.49. The number of hydrogen-bond acceptors (Lipinski definition) is 4. The molecule has 1 aliphatic carbocycles. The van der Waals surface area contributed by atoms with Crippen molar-refractivity contribution in [2.75, 3.05) is 33.5 Å². The molecule has 2 heterocycles. The average Bonchev–Trinajstić information content (AvgIpc) is 3.01. The van der Waals surface area contributed by atoms with Crippen LogP contribution in [0.5, 0.6) is 11.5 Å². The van der Waals surface area contributed by atoms with Crippen molar-refractivity contribution in [2.45, 2.75) is 37.2 Å². The van der Waals surface area contributed by atoms with E-state index in [9.17, 15) is 0 Å². The van der Waals surface area contributed by atoms with E-state index in [4.69, 9.17) is 14.2 Å². The lowest BCUT2D eigenvalue weighted by molar-refractivity contribution is 0.114. The van der Waals surface area contributed by atoms with Crippen LogP contribution < -0.4 is 20.1 Å². The summed E-state index contributed by atoms with van der Waals surface area (Å²) in [6.45, 7) is 2.89. The van der Waals surface area contributed by atoms with E-state index in [1.54, 1.807) is 0 Å². The van der Waals surface area contributed by atoms with Gasteiger partial charge in [-0.25, -0.2) is 0 Å². The number of benzene rings is 1. The Morgan fingerprint density at radius 3 is 2.88 bits per heavy atom. The Balaban J connectivity index is 1.34. The molecule has 3 aliphatic rings. The van der Waals surface area contributed by atoms with E-state index in [0.717, 1.165) is 50.0 Å². The van der Waals surface area contributed by atoms with Gasteiger partial charge >= 0.3 is 0 Å². The lowest BCUT2D eigenvalue weighted by atomic mass is 9.95. The zero-order valence-electron chi connectivity index (χ0n) is 14.1. The zero-order chi connectivity index (χ0) is 16.4. The van der Waals surface area contributed by atoms with E-state index in [1.165, 1.54) is 18.4 Å².